The minimum atomic E-state index is 0.420. The summed E-state index contributed by atoms with van der Waals surface area (Å²) in [5.74, 6) is 1.82. The first-order valence-electron chi connectivity index (χ1n) is 5.08. The van der Waals surface area contributed by atoms with Crippen LogP contribution in [0.4, 0.5) is 0 Å². The van der Waals surface area contributed by atoms with E-state index in [2.05, 4.69) is 17.3 Å². The topological polar surface area (TPSA) is 41.8 Å². The number of oxime groups is 1. The molecule has 0 aliphatic heterocycles. The predicted octanol–water partition coefficient (Wildman–Crippen LogP) is 2.65. The van der Waals surface area contributed by atoms with Crippen LogP contribution in [0.3, 0.4) is 0 Å². The first-order chi connectivity index (χ1) is 7.26. The third-order valence-electron chi connectivity index (χ3n) is 3.03. The maximum Gasteiger partial charge on any atom is 0.118 e. The molecule has 3 heteroatoms. The Kier molecular flexibility index (Phi) is 2.62. The average molecular weight is 205 g/mol. The van der Waals surface area contributed by atoms with Crippen molar-refractivity contribution in [3.63, 3.8) is 0 Å². The van der Waals surface area contributed by atoms with Crippen molar-refractivity contribution in [2.75, 3.05) is 7.11 Å². The van der Waals surface area contributed by atoms with E-state index in [0.717, 1.165) is 17.9 Å². The molecule has 1 aromatic carbocycles. The van der Waals surface area contributed by atoms with Gasteiger partial charge in [0.1, 0.15) is 5.75 Å². The molecule has 0 heterocycles. The molecular formula is C12H15NO2. The van der Waals surface area contributed by atoms with Crippen LogP contribution < -0.4 is 4.74 Å². The molecule has 0 saturated heterocycles. The summed E-state index contributed by atoms with van der Waals surface area (Å²) in [5.41, 5.74) is 2.12. The van der Waals surface area contributed by atoms with Gasteiger partial charge in [0.25, 0.3) is 0 Å². The van der Waals surface area contributed by atoms with Gasteiger partial charge in [-0.2, -0.15) is 0 Å². The fraction of sp³-hybridized carbons (Fsp3) is 0.417. The van der Waals surface area contributed by atoms with Gasteiger partial charge in [0, 0.05) is 5.92 Å². The molecule has 2 atom stereocenters. The average Bonchev–Trinajstić information content (AvgIpc) is 3.08. The highest BCUT2D eigenvalue weighted by Gasteiger charge is 2.40. The molecule has 2 unspecified atom stereocenters. The first-order valence-corrected chi connectivity index (χ1v) is 5.08. The quantitative estimate of drug-likeness (QED) is 0.468. The van der Waals surface area contributed by atoms with Crippen molar-refractivity contribution in [1.82, 2.24) is 0 Å². The molecule has 2 rings (SSSR count). The van der Waals surface area contributed by atoms with E-state index in [1.165, 1.54) is 5.56 Å². The van der Waals surface area contributed by atoms with Crippen molar-refractivity contribution in [2.45, 2.75) is 19.3 Å². The van der Waals surface area contributed by atoms with E-state index in [1.807, 2.05) is 19.1 Å². The van der Waals surface area contributed by atoms with Gasteiger partial charge in [-0.1, -0.05) is 17.3 Å². The van der Waals surface area contributed by atoms with Gasteiger partial charge < -0.3 is 9.94 Å². The first kappa shape index (κ1) is 10.0. The standard InChI is InChI=1S/C12H15NO2/c1-8(13-14)11-7-12(11)9-3-5-10(15-2)6-4-9/h3-6,11-12,14H,7H2,1-2H3/b13-8+. The summed E-state index contributed by atoms with van der Waals surface area (Å²) in [5, 5.41) is 11.9. The van der Waals surface area contributed by atoms with Crippen LogP contribution in [-0.2, 0) is 0 Å². The minimum Gasteiger partial charge on any atom is -0.497 e. The molecule has 1 aromatic rings. The predicted molar refractivity (Wildman–Crippen MR) is 58.7 cm³/mol. The highest BCUT2D eigenvalue weighted by molar-refractivity contribution is 5.87. The smallest absolute Gasteiger partial charge is 0.118 e. The van der Waals surface area contributed by atoms with Crippen LogP contribution in [0.1, 0.15) is 24.8 Å². The van der Waals surface area contributed by atoms with E-state index < -0.39 is 0 Å². The van der Waals surface area contributed by atoms with E-state index in [1.54, 1.807) is 7.11 Å². The van der Waals surface area contributed by atoms with Crippen molar-refractivity contribution in [3.05, 3.63) is 29.8 Å². The van der Waals surface area contributed by atoms with Crippen LogP contribution in [0.25, 0.3) is 0 Å². The molecule has 15 heavy (non-hydrogen) atoms. The molecule has 1 N–H and O–H groups in total. The van der Waals surface area contributed by atoms with Gasteiger partial charge in [-0.15, -0.1) is 0 Å². The molecule has 3 nitrogen and oxygen atoms in total. The van der Waals surface area contributed by atoms with E-state index in [-0.39, 0.29) is 0 Å². The summed E-state index contributed by atoms with van der Waals surface area (Å²) in [6.07, 6.45) is 1.09. The van der Waals surface area contributed by atoms with Crippen LogP contribution in [0.15, 0.2) is 29.4 Å². The fourth-order valence-corrected chi connectivity index (χ4v) is 1.95. The van der Waals surface area contributed by atoms with Gasteiger partial charge >= 0.3 is 0 Å². The van der Waals surface area contributed by atoms with Crippen molar-refractivity contribution in [1.29, 1.82) is 0 Å². The Morgan fingerprint density at radius 2 is 2.07 bits per heavy atom. The highest BCUT2D eigenvalue weighted by atomic mass is 16.5. The fourth-order valence-electron chi connectivity index (χ4n) is 1.95. The Balaban J connectivity index is 2.07. The lowest BCUT2D eigenvalue weighted by Crippen LogP contribution is -1.96. The van der Waals surface area contributed by atoms with Gasteiger partial charge in [-0.3, -0.25) is 0 Å². The van der Waals surface area contributed by atoms with Crippen LogP contribution >= 0.6 is 0 Å². The largest absolute Gasteiger partial charge is 0.497 e. The molecule has 0 spiro atoms. The van der Waals surface area contributed by atoms with Crippen LogP contribution in [0.2, 0.25) is 0 Å². The molecule has 1 aliphatic rings. The highest BCUT2D eigenvalue weighted by Crippen LogP contribution is 2.48. The SMILES string of the molecule is COc1ccc(C2CC2/C(C)=N/O)cc1. The summed E-state index contributed by atoms with van der Waals surface area (Å²) in [6.45, 7) is 1.87. The summed E-state index contributed by atoms with van der Waals surface area (Å²) >= 11 is 0. The van der Waals surface area contributed by atoms with Gasteiger partial charge in [0.2, 0.25) is 0 Å². The number of nitrogens with zero attached hydrogens (tertiary/aromatic N) is 1. The number of hydrogen-bond donors (Lipinski definition) is 1. The number of benzene rings is 1. The normalized spacial score (nSPS) is 25.1. The molecule has 0 bridgehead atoms. The molecule has 80 valence electrons. The molecule has 0 aromatic heterocycles. The molecule has 0 amide bonds. The van der Waals surface area contributed by atoms with Crippen molar-refractivity contribution < 1.29 is 9.94 Å². The van der Waals surface area contributed by atoms with Crippen molar-refractivity contribution >= 4 is 5.71 Å². The van der Waals surface area contributed by atoms with Gasteiger partial charge in [0.15, 0.2) is 0 Å². The van der Waals surface area contributed by atoms with E-state index in [4.69, 9.17) is 9.94 Å². The van der Waals surface area contributed by atoms with Gasteiger partial charge in [-0.05, 0) is 37.0 Å². The zero-order valence-electron chi connectivity index (χ0n) is 8.97. The maximum atomic E-state index is 8.66. The maximum absolute atomic E-state index is 8.66. The number of ether oxygens (including phenoxy) is 1. The minimum absolute atomic E-state index is 0.420. The Bertz CT molecular complexity index is 370. The lowest BCUT2D eigenvalue weighted by atomic mass is 10.1. The molecule has 1 aliphatic carbocycles. The molecule has 1 saturated carbocycles. The van der Waals surface area contributed by atoms with Gasteiger partial charge in [-0.25, -0.2) is 0 Å². The second kappa shape index (κ2) is 3.93. The second-order valence-electron chi connectivity index (χ2n) is 3.96. The Hall–Kier alpha value is -1.51. The Labute approximate surface area is 89.4 Å². The van der Waals surface area contributed by atoms with E-state index >= 15 is 0 Å². The van der Waals surface area contributed by atoms with Crippen LogP contribution in [0, 0.1) is 5.92 Å². The Morgan fingerprint density at radius 1 is 1.40 bits per heavy atom. The third kappa shape index (κ3) is 1.96. The summed E-state index contributed by atoms with van der Waals surface area (Å²) in [4.78, 5) is 0. The summed E-state index contributed by atoms with van der Waals surface area (Å²) < 4.78 is 5.10. The van der Waals surface area contributed by atoms with Crippen LogP contribution in [-0.4, -0.2) is 18.0 Å². The van der Waals surface area contributed by atoms with Crippen LogP contribution in [0.5, 0.6) is 5.75 Å². The zero-order valence-corrected chi connectivity index (χ0v) is 8.97. The molecular weight excluding hydrogens is 190 g/mol. The Morgan fingerprint density at radius 3 is 2.60 bits per heavy atom. The summed E-state index contributed by atoms with van der Waals surface area (Å²) in [6, 6.07) is 8.09. The number of hydrogen-bond acceptors (Lipinski definition) is 3. The zero-order chi connectivity index (χ0) is 10.8. The second-order valence-corrected chi connectivity index (χ2v) is 3.96. The van der Waals surface area contributed by atoms with E-state index in [0.29, 0.717) is 11.8 Å². The lowest BCUT2D eigenvalue weighted by molar-refractivity contribution is 0.316. The van der Waals surface area contributed by atoms with Crippen molar-refractivity contribution in [2.24, 2.45) is 11.1 Å². The van der Waals surface area contributed by atoms with Crippen molar-refractivity contribution in [3.8, 4) is 5.75 Å². The van der Waals surface area contributed by atoms with Gasteiger partial charge in [0.05, 0.1) is 12.8 Å². The number of rotatable bonds is 3. The molecule has 1 fully saturated rings. The number of methoxy groups -OCH3 is 1. The van der Waals surface area contributed by atoms with E-state index in [9.17, 15) is 0 Å². The lowest BCUT2D eigenvalue weighted by Gasteiger charge is -2.02. The third-order valence-corrected chi connectivity index (χ3v) is 3.03. The molecule has 0 radical (unpaired) electrons. The summed E-state index contributed by atoms with van der Waals surface area (Å²) in [7, 11) is 1.66. The monoisotopic (exact) mass is 205 g/mol.